The van der Waals surface area contributed by atoms with Gasteiger partial charge >= 0.3 is 0 Å². The Morgan fingerprint density at radius 3 is 2.91 bits per heavy atom. The van der Waals surface area contributed by atoms with Gasteiger partial charge in [-0.2, -0.15) is 0 Å². The zero-order valence-electron chi connectivity index (χ0n) is 12.3. The van der Waals surface area contributed by atoms with Crippen molar-refractivity contribution < 1.29 is 9.59 Å². The number of likely N-dealkylation sites (tertiary alicyclic amines) is 1. The summed E-state index contributed by atoms with van der Waals surface area (Å²) in [5, 5.41) is 0. The van der Waals surface area contributed by atoms with E-state index in [1.807, 2.05) is 24.3 Å². The van der Waals surface area contributed by atoms with Crippen LogP contribution in [0.15, 0.2) is 61.4 Å². The Hall–Kier alpha value is -2.49. The maximum atomic E-state index is 12.5. The molecular formula is C18H18N2O2. The van der Waals surface area contributed by atoms with Crippen molar-refractivity contribution in [2.24, 2.45) is 5.92 Å². The van der Waals surface area contributed by atoms with Gasteiger partial charge in [0.15, 0.2) is 5.78 Å². The second-order valence-corrected chi connectivity index (χ2v) is 5.67. The van der Waals surface area contributed by atoms with E-state index in [9.17, 15) is 9.59 Å². The van der Waals surface area contributed by atoms with Crippen molar-refractivity contribution >= 4 is 11.7 Å². The van der Waals surface area contributed by atoms with Gasteiger partial charge in [0.2, 0.25) is 5.91 Å². The molecule has 0 spiro atoms. The van der Waals surface area contributed by atoms with Gasteiger partial charge in [0.1, 0.15) is 5.69 Å². The number of hydrogen-bond acceptors (Lipinski definition) is 3. The van der Waals surface area contributed by atoms with Gasteiger partial charge in [0, 0.05) is 19.2 Å². The molecule has 1 aliphatic carbocycles. The van der Waals surface area contributed by atoms with Crippen molar-refractivity contribution in [1.82, 2.24) is 9.88 Å². The monoisotopic (exact) mass is 294 g/mol. The predicted molar refractivity (Wildman–Crippen MR) is 84.2 cm³/mol. The summed E-state index contributed by atoms with van der Waals surface area (Å²) in [4.78, 5) is 30.8. The summed E-state index contributed by atoms with van der Waals surface area (Å²) in [7, 11) is 0. The lowest BCUT2D eigenvalue weighted by atomic mass is 9.89. The zero-order chi connectivity index (χ0) is 15.6. The van der Waals surface area contributed by atoms with E-state index in [2.05, 4.69) is 11.6 Å². The first-order chi connectivity index (χ1) is 10.7. The van der Waals surface area contributed by atoms with Crippen LogP contribution in [0.4, 0.5) is 0 Å². The second kappa shape index (κ2) is 5.72. The molecule has 1 aromatic heterocycles. The number of ketones is 1. The Kier molecular flexibility index (Phi) is 3.75. The van der Waals surface area contributed by atoms with Crippen LogP contribution in [0.1, 0.15) is 23.3 Å². The van der Waals surface area contributed by atoms with Crippen molar-refractivity contribution in [3.05, 3.63) is 67.0 Å². The minimum Gasteiger partial charge on any atom is -0.329 e. The van der Waals surface area contributed by atoms with Crippen molar-refractivity contribution in [3.8, 4) is 0 Å². The Bertz CT molecular complexity index is 663. The Labute approximate surface area is 129 Å². The number of nitrogens with zero attached hydrogens (tertiary/aromatic N) is 2. The van der Waals surface area contributed by atoms with Gasteiger partial charge in [0.25, 0.3) is 0 Å². The molecule has 1 fully saturated rings. The number of rotatable bonds is 4. The molecule has 0 saturated carbocycles. The molecule has 3 rings (SSSR count). The second-order valence-electron chi connectivity index (χ2n) is 5.67. The molecule has 0 radical (unpaired) electrons. The first-order valence-corrected chi connectivity index (χ1v) is 7.40. The van der Waals surface area contributed by atoms with Gasteiger partial charge in [0.05, 0.1) is 11.5 Å². The molecule has 1 saturated heterocycles. The van der Waals surface area contributed by atoms with Crippen LogP contribution in [0.3, 0.4) is 0 Å². The maximum Gasteiger partial charge on any atom is 0.224 e. The third-order valence-corrected chi connectivity index (χ3v) is 4.35. The number of aromatic nitrogens is 1. The molecule has 0 N–H and O–H groups in total. The van der Waals surface area contributed by atoms with E-state index < -0.39 is 5.54 Å². The lowest BCUT2D eigenvalue weighted by Crippen LogP contribution is -2.47. The van der Waals surface area contributed by atoms with Gasteiger partial charge < -0.3 is 4.90 Å². The van der Waals surface area contributed by atoms with E-state index in [-0.39, 0.29) is 24.0 Å². The van der Waals surface area contributed by atoms with Crippen LogP contribution in [0.5, 0.6) is 0 Å². The van der Waals surface area contributed by atoms with E-state index in [0.29, 0.717) is 18.7 Å². The molecule has 2 atom stereocenters. The smallest absolute Gasteiger partial charge is 0.224 e. The van der Waals surface area contributed by atoms with Crippen LogP contribution in [0.2, 0.25) is 0 Å². The first kappa shape index (κ1) is 14.4. The summed E-state index contributed by atoms with van der Waals surface area (Å²) in [5.74, 6) is -0.404. The average Bonchev–Trinajstić information content (AvgIpc) is 2.98. The fourth-order valence-corrected chi connectivity index (χ4v) is 3.09. The third-order valence-electron chi connectivity index (χ3n) is 4.35. The first-order valence-electron chi connectivity index (χ1n) is 7.40. The lowest BCUT2D eigenvalue weighted by Gasteiger charge is -2.37. The largest absolute Gasteiger partial charge is 0.329 e. The molecule has 4 heteroatoms. The Balaban J connectivity index is 1.82. The summed E-state index contributed by atoms with van der Waals surface area (Å²) in [6, 6.07) is 5.26. The zero-order valence-corrected chi connectivity index (χ0v) is 12.3. The highest BCUT2D eigenvalue weighted by Crippen LogP contribution is 2.34. The molecule has 112 valence electrons. The summed E-state index contributed by atoms with van der Waals surface area (Å²) < 4.78 is 0. The van der Waals surface area contributed by atoms with E-state index in [0.717, 1.165) is 0 Å². The summed E-state index contributed by atoms with van der Waals surface area (Å²) in [6.07, 6.45) is 12.2. The molecule has 0 aromatic carbocycles. The number of amides is 1. The molecule has 1 aromatic rings. The molecule has 0 bridgehead atoms. The Morgan fingerprint density at radius 1 is 1.41 bits per heavy atom. The third kappa shape index (κ3) is 2.41. The number of pyridine rings is 1. The number of carbonyl (C=O) groups is 2. The highest BCUT2D eigenvalue weighted by molar-refractivity contribution is 6.00. The van der Waals surface area contributed by atoms with Crippen LogP contribution < -0.4 is 0 Å². The van der Waals surface area contributed by atoms with E-state index in [1.54, 1.807) is 35.4 Å². The minimum absolute atomic E-state index is 0.00543. The normalized spacial score (nSPS) is 27.2. The topological polar surface area (TPSA) is 50.3 Å². The van der Waals surface area contributed by atoms with Crippen LogP contribution in [0, 0.1) is 5.92 Å². The summed E-state index contributed by atoms with van der Waals surface area (Å²) in [6.45, 7) is 4.30. The molecule has 1 amide bonds. The van der Waals surface area contributed by atoms with Gasteiger partial charge in [-0.05, 0) is 18.6 Å². The number of carbonyl (C=O) groups excluding carboxylic acids is 2. The van der Waals surface area contributed by atoms with Gasteiger partial charge in [-0.3, -0.25) is 14.6 Å². The molecule has 0 unspecified atom stereocenters. The van der Waals surface area contributed by atoms with E-state index in [1.165, 1.54) is 0 Å². The van der Waals surface area contributed by atoms with Crippen LogP contribution in [-0.2, 0) is 4.79 Å². The summed E-state index contributed by atoms with van der Waals surface area (Å²) >= 11 is 0. The van der Waals surface area contributed by atoms with Crippen molar-refractivity contribution in [2.75, 3.05) is 6.54 Å². The maximum absolute atomic E-state index is 12.5. The van der Waals surface area contributed by atoms with Crippen LogP contribution >= 0.6 is 0 Å². The fourth-order valence-electron chi connectivity index (χ4n) is 3.09. The van der Waals surface area contributed by atoms with Crippen LogP contribution in [0.25, 0.3) is 0 Å². The fraction of sp³-hybridized carbons (Fsp3) is 0.278. The van der Waals surface area contributed by atoms with Gasteiger partial charge in [-0.25, -0.2) is 0 Å². The van der Waals surface area contributed by atoms with Gasteiger partial charge in [-0.15, -0.1) is 6.58 Å². The summed E-state index contributed by atoms with van der Waals surface area (Å²) in [5.41, 5.74) is -0.0841. The molecule has 22 heavy (non-hydrogen) atoms. The number of Topliss-reactive ketones (excluding diaryl/α,β-unsaturated/α-hetero) is 1. The van der Waals surface area contributed by atoms with Crippen LogP contribution in [-0.4, -0.2) is 33.7 Å². The van der Waals surface area contributed by atoms with E-state index in [4.69, 9.17) is 0 Å². The van der Waals surface area contributed by atoms with Crippen molar-refractivity contribution in [3.63, 3.8) is 0 Å². The number of hydrogen-bond donors (Lipinski definition) is 0. The molecular weight excluding hydrogens is 276 g/mol. The average molecular weight is 294 g/mol. The number of allylic oxidation sites excluding steroid dienone is 2. The highest BCUT2D eigenvalue weighted by Gasteiger charge is 2.43. The van der Waals surface area contributed by atoms with Gasteiger partial charge in [-0.1, -0.05) is 36.4 Å². The quantitative estimate of drug-likeness (QED) is 0.633. The highest BCUT2D eigenvalue weighted by atomic mass is 16.2. The molecule has 1 aliphatic heterocycles. The predicted octanol–water partition coefficient (Wildman–Crippen LogP) is 2.55. The lowest BCUT2D eigenvalue weighted by molar-refractivity contribution is -0.130. The SMILES string of the molecule is C=C[C@@]1(N2C[C@H](C(=O)c3ccccn3)CC2=O)C=CC=CC1. The minimum atomic E-state index is -0.509. The molecule has 2 heterocycles. The Morgan fingerprint density at radius 2 is 2.27 bits per heavy atom. The van der Waals surface area contributed by atoms with E-state index >= 15 is 0 Å². The van der Waals surface area contributed by atoms with Crippen molar-refractivity contribution in [1.29, 1.82) is 0 Å². The standard InChI is InChI=1S/C18H18N2O2/c1-2-18(9-5-3-6-10-18)20-13-14(12-16(20)21)17(22)15-8-4-7-11-19-15/h2-9,11,14H,1,10,12-13H2/t14-,18-/m1/s1. The molecule has 2 aliphatic rings. The molecule has 4 nitrogen and oxygen atoms in total. The van der Waals surface area contributed by atoms with Crippen molar-refractivity contribution in [2.45, 2.75) is 18.4 Å².